The van der Waals surface area contributed by atoms with Crippen LogP contribution in [0.3, 0.4) is 0 Å². The highest BCUT2D eigenvalue weighted by Gasteiger charge is 2.08. The molecule has 1 amide bonds. The van der Waals surface area contributed by atoms with E-state index in [1.54, 1.807) is 12.4 Å². The molecule has 0 aliphatic carbocycles. The average Bonchev–Trinajstić information content (AvgIpc) is 2.80. The zero-order valence-electron chi connectivity index (χ0n) is 8.93. The first-order chi connectivity index (χ1) is 7.81. The molecular formula is C12H14N2OS. The zero-order chi connectivity index (χ0) is 11.4. The van der Waals surface area contributed by atoms with Crippen LogP contribution in [0, 0.1) is 0 Å². The summed E-state index contributed by atoms with van der Waals surface area (Å²) >= 11 is 1.48. The van der Waals surface area contributed by atoms with Gasteiger partial charge in [-0.2, -0.15) is 0 Å². The highest BCUT2D eigenvalue weighted by molar-refractivity contribution is 7.17. The van der Waals surface area contributed by atoms with Crippen molar-refractivity contribution in [3.8, 4) is 10.4 Å². The number of thiophene rings is 1. The number of carbonyl (C=O) groups is 1. The van der Waals surface area contributed by atoms with Crippen LogP contribution in [-0.2, 0) is 0 Å². The number of aromatic nitrogens is 1. The van der Waals surface area contributed by atoms with Crippen LogP contribution in [0.2, 0.25) is 0 Å². The lowest BCUT2D eigenvalue weighted by Gasteiger charge is -1.97. The summed E-state index contributed by atoms with van der Waals surface area (Å²) in [4.78, 5) is 17.4. The maximum absolute atomic E-state index is 11.6. The summed E-state index contributed by atoms with van der Waals surface area (Å²) in [6.45, 7) is 2.56. The zero-order valence-corrected chi connectivity index (χ0v) is 9.75. The fourth-order valence-electron chi connectivity index (χ4n) is 1.37. The largest absolute Gasteiger partial charge is 0.352 e. The Labute approximate surface area is 99.6 Å². The second-order valence-corrected chi connectivity index (χ2v) is 4.35. The predicted octanol–water partition coefficient (Wildman–Crippen LogP) is 2.81. The van der Waals surface area contributed by atoms with Gasteiger partial charge in [0.15, 0.2) is 0 Å². The summed E-state index contributed by atoms with van der Waals surface area (Å²) in [6, 6.07) is 7.67. The minimum absolute atomic E-state index is 0. The molecule has 0 radical (unpaired) electrons. The molecule has 2 aromatic heterocycles. The number of hydrogen-bond acceptors (Lipinski definition) is 3. The molecule has 2 rings (SSSR count). The van der Waals surface area contributed by atoms with E-state index >= 15 is 0 Å². The molecule has 0 aliphatic heterocycles. The predicted molar refractivity (Wildman–Crippen MR) is 67.7 cm³/mol. The van der Waals surface area contributed by atoms with Gasteiger partial charge in [0.25, 0.3) is 5.91 Å². The standard InChI is InChI=1S/C12H12N2OS.H2/c1-2-14-12(15)11-6-5-10(16-11)9-4-3-7-13-8-9;/h3-8H,2H2,1H3,(H,14,15);1H. The van der Waals surface area contributed by atoms with Gasteiger partial charge in [-0.15, -0.1) is 11.3 Å². The minimum atomic E-state index is -0.0114. The topological polar surface area (TPSA) is 42.0 Å². The monoisotopic (exact) mass is 234 g/mol. The highest BCUT2D eigenvalue weighted by Crippen LogP contribution is 2.27. The SMILES string of the molecule is CCNC(=O)c1ccc(-c2cccnc2)s1.[HH]. The quantitative estimate of drug-likeness (QED) is 0.887. The fourth-order valence-corrected chi connectivity index (χ4v) is 2.28. The van der Waals surface area contributed by atoms with Gasteiger partial charge in [-0.3, -0.25) is 9.78 Å². The minimum Gasteiger partial charge on any atom is -0.352 e. The van der Waals surface area contributed by atoms with Crippen molar-refractivity contribution in [2.75, 3.05) is 6.54 Å². The first-order valence-electron chi connectivity index (χ1n) is 5.09. The van der Waals surface area contributed by atoms with Crippen LogP contribution in [-0.4, -0.2) is 17.4 Å². The van der Waals surface area contributed by atoms with Crippen LogP contribution < -0.4 is 5.32 Å². The van der Waals surface area contributed by atoms with Crippen LogP contribution in [0.15, 0.2) is 36.7 Å². The van der Waals surface area contributed by atoms with Gasteiger partial charge in [0.1, 0.15) is 0 Å². The van der Waals surface area contributed by atoms with Crippen LogP contribution in [0.25, 0.3) is 10.4 Å². The Hall–Kier alpha value is -1.68. The van der Waals surface area contributed by atoms with Gasteiger partial charge in [0, 0.05) is 30.8 Å². The van der Waals surface area contributed by atoms with Crippen molar-refractivity contribution < 1.29 is 6.22 Å². The van der Waals surface area contributed by atoms with E-state index in [1.807, 2.05) is 31.2 Å². The number of pyridine rings is 1. The van der Waals surface area contributed by atoms with Crippen LogP contribution in [0.1, 0.15) is 18.0 Å². The van der Waals surface area contributed by atoms with E-state index in [2.05, 4.69) is 10.3 Å². The third-order valence-corrected chi connectivity index (χ3v) is 3.25. The number of amides is 1. The van der Waals surface area contributed by atoms with Gasteiger partial charge in [0.05, 0.1) is 4.88 Å². The lowest BCUT2D eigenvalue weighted by Crippen LogP contribution is -2.21. The van der Waals surface area contributed by atoms with Crippen LogP contribution in [0.5, 0.6) is 0 Å². The van der Waals surface area contributed by atoms with E-state index in [4.69, 9.17) is 0 Å². The molecule has 16 heavy (non-hydrogen) atoms. The molecule has 0 aliphatic rings. The molecule has 84 valence electrons. The fraction of sp³-hybridized carbons (Fsp3) is 0.167. The molecule has 0 unspecified atom stereocenters. The van der Waals surface area contributed by atoms with E-state index in [-0.39, 0.29) is 7.33 Å². The molecule has 2 heterocycles. The summed E-state index contributed by atoms with van der Waals surface area (Å²) in [6.07, 6.45) is 3.54. The van der Waals surface area contributed by atoms with Gasteiger partial charge >= 0.3 is 0 Å². The van der Waals surface area contributed by atoms with Crippen molar-refractivity contribution >= 4 is 17.2 Å². The van der Waals surface area contributed by atoms with Crippen LogP contribution >= 0.6 is 11.3 Å². The first kappa shape index (κ1) is 10.8. The van der Waals surface area contributed by atoms with Gasteiger partial charge in [-0.05, 0) is 25.1 Å². The van der Waals surface area contributed by atoms with E-state index in [0.29, 0.717) is 6.54 Å². The summed E-state index contributed by atoms with van der Waals surface area (Å²) in [5.41, 5.74) is 1.04. The highest BCUT2D eigenvalue weighted by atomic mass is 32.1. The Kier molecular flexibility index (Phi) is 3.31. The Morgan fingerprint density at radius 2 is 2.38 bits per heavy atom. The molecule has 0 saturated heterocycles. The van der Waals surface area contributed by atoms with Crippen molar-refractivity contribution in [3.05, 3.63) is 41.5 Å². The van der Waals surface area contributed by atoms with Gasteiger partial charge in [-0.1, -0.05) is 6.07 Å². The molecular weight excluding hydrogens is 220 g/mol. The number of nitrogens with one attached hydrogen (secondary N) is 1. The molecule has 0 bridgehead atoms. The number of carbonyl (C=O) groups excluding carboxylic acids is 1. The smallest absolute Gasteiger partial charge is 0.261 e. The first-order valence-corrected chi connectivity index (χ1v) is 5.91. The second-order valence-electron chi connectivity index (χ2n) is 3.27. The number of hydrogen-bond donors (Lipinski definition) is 1. The second kappa shape index (κ2) is 4.90. The van der Waals surface area contributed by atoms with E-state index in [1.165, 1.54) is 11.3 Å². The summed E-state index contributed by atoms with van der Waals surface area (Å²) in [5.74, 6) is -0.0114. The summed E-state index contributed by atoms with van der Waals surface area (Å²) in [7, 11) is 0. The van der Waals surface area contributed by atoms with Crippen molar-refractivity contribution in [3.63, 3.8) is 0 Å². The lowest BCUT2D eigenvalue weighted by atomic mass is 10.2. The molecule has 4 heteroatoms. The van der Waals surface area contributed by atoms with E-state index < -0.39 is 0 Å². The van der Waals surface area contributed by atoms with Crippen molar-refractivity contribution in [2.24, 2.45) is 0 Å². The van der Waals surface area contributed by atoms with Crippen molar-refractivity contribution in [1.82, 2.24) is 10.3 Å². The van der Waals surface area contributed by atoms with Gasteiger partial charge < -0.3 is 5.32 Å². The average molecular weight is 234 g/mol. The Balaban J connectivity index is 0.00000144. The summed E-state index contributed by atoms with van der Waals surface area (Å²) in [5, 5.41) is 2.78. The molecule has 0 saturated carbocycles. The Morgan fingerprint density at radius 1 is 1.50 bits per heavy atom. The maximum Gasteiger partial charge on any atom is 0.261 e. The van der Waals surface area contributed by atoms with E-state index in [0.717, 1.165) is 15.3 Å². The van der Waals surface area contributed by atoms with Crippen LogP contribution in [0.4, 0.5) is 0 Å². The third-order valence-electron chi connectivity index (χ3n) is 2.11. The normalized spacial score (nSPS) is 10.1. The van der Waals surface area contributed by atoms with Crippen molar-refractivity contribution in [2.45, 2.75) is 6.92 Å². The molecule has 0 fully saturated rings. The third kappa shape index (κ3) is 2.28. The molecule has 1 N–H and O–H groups in total. The summed E-state index contributed by atoms with van der Waals surface area (Å²) < 4.78 is 0. The van der Waals surface area contributed by atoms with E-state index in [9.17, 15) is 4.79 Å². The molecule has 0 atom stereocenters. The number of nitrogens with zero attached hydrogens (tertiary/aromatic N) is 1. The maximum atomic E-state index is 11.6. The molecule has 0 spiro atoms. The number of rotatable bonds is 3. The molecule has 0 aromatic carbocycles. The Bertz CT molecular complexity index is 484. The molecule has 3 nitrogen and oxygen atoms in total. The molecule has 2 aromatic rings. The van der Waals surface area contributed by atoms with Crippen molar-refractivity contribution in [1.29, 1.82) is 0 Å². The Morgan fingerprint density at radius 3 is 3.06 bits per heavy atom. The van der Waals surface area contributed by atoms with Gasteiger partial charge in [0.2, 0.25) is 0 Å². The van der Waals surface area contributed by atoms with Gasteiger partial charge in [-0.25, -0.2) is 0 Å². The lowest BCUT2D eigenvalue weighted by molar-refractivity contribution is 0.0960.